The largest absolute Gasteiger partial charge is 0.480 e. The SMILES string of the molecule is O=C(O)[C@@H]1[C@@H](CC2CCNCC2)C(=O)N1C(=O)N1CCN(C(=O)CCCCCCCCCc2ccccc2)CC1. The summed E-state index contributed by atoms with van der Waals surface area (Å²) in [6.07, 6.45) is 12.0. The van der Waals surface area contributed by atoms with Crippen molar-refractivity contribution in [1.82, 2.24) is 20.0 Å². The highest BCUT2D eigenvalue weighted by Gasteiger charge is 2.56. The highest BCUT2D eigenvalue weighted by Crippen LogP contribution is 2.35. The second kappa shape index (κ2) is 15.2. The number of nitrogens with zero attached hydrogens (tertiary/aromatic N) is 3. The van der Waals surface area contributed by atoms with E-state index in [1.54, 1.807) is 4.90 Å². The Morgan fingerprint density at radius 3 is 2.08 bits per heavy atom. The Hall–Kier alpha value is -2.94. The molecule has 220 valence electrons. The van der Waals surface area contributed by atoms with Crippen LogP contribution in [0, 0.1) is 11.8 Å². The summed E-state index contributed by atoms with van der Waals surface area (Å²) in [4.78, 5) is 54.8. The van der Waals surface area contributed by atoms with Gasteiger partial charge in [-0.25, -0.2) is 14.5 Å². The minimum Gasteiger partial charge on any atom is -0.480 e. The molecule has 40 heavy (non-hydrogen) atoms. The molecule has 2 N–H and O–H groups in total. The van der Waals surface area contributed by atoms with E-state index in [0.717, 1.165) is 56.5 Å². The van der Waals surface area contributed by atoms with Crippen molar-refractivity contribution in [3.8, 4) is 0 Å². The van der Waals surface area contributed by atoms with Gasteiger partial charge < -0.3 is 20.2 Å². The van der Waals surface area contributed by atoms with Gasteiger partial charge in [0.2, 0.25) is 11.8 Å². The Labute approximate surface area is 238 Å². The van der Waals surface area contributed by atoms with E-state index in [1.807, 2.05) is 0 Å². The molecular weight excluding hydrogens is 508 g/mol. The molecule has 3 heterocycles. The summed E-state index contributed by atoms with van der Waals surface area (Å²) in [6, 6.07) is 8.98. The lowest BCUT2D eigenvalue weighted by atomic mass is 9.78. The topological polar surface area (TPSA) is 110 Å². The van der Waals surface area contributed by atoms with Crippen molar-refractivity contribution in [3.63, 3.8) is 0 Å². The zero-order valence-corrected chi connectivity index (χ0v) is 23.8. The fourth-order valence-electron chi connectivity index (χ4n) is 6.34. The van der Waals surface area contributed by atoms with Crippen LogP contribution in [0.2, 0.25) is 0 Å². The molecule has 1 aromatic carbocycles. The van der Waals surface area contributed by atoms with Crippen LogP contribution in [-0.2, 0) is 20.8 Å². The van der Waals surface area contributed by atoms with E-state index in [2.05, 4.69) is 35.6 Å². The molecule has 3 aliphatic heterocycles. The molecule has 4 rings (SSSR count). The smallest absolute Gasteiger partial charge is 0.327 e. The molecule has 0 radical (unpaired) electrons. The second-order valence-corrected chi connectivity index (χ2v) is 11.6. The number of carboxylic acid groups (broad SMARTS) is 1. The van der Waals surface area contributed by atoms with Gasteiger partial charge in [-0.15, -0.1) is 0 Å². The summed E-state index contributed by atoms with van der Waals surface area (Å²) in [5.41, 5.74) is 1.40. The molecule has 0 unspecified atom stereocenters. The number of likely N-dealkylation sites (tertiary alicyclic amines) is 1. The molecule has 3 aliphatic rings. The minimum absolute atomic E-state index is 0.112. The van der Waals surface area contributed by atoms with Crippen LogP contribution in [0.4, 0.5) is 4.79 Å². The zero-order valence-electron chi connectivity index (χ0n) is 23.8. The summed E-state index contributed by atoms with van der Waals surface area (Å²) < 4.78 is 0. The van der Waals surface area contributed by atoms with Gasteiger partial charge in [-0.2, -0.15) is 0 Å². The standard InChI is InChI=1S/C31H46N4O5/c36-27(14-10-5-3-1-2-4-7-11-24-12-8-6-9-13-24)33-19-21-34(22-20-33)31(40)35-28(30(38)39)26(29(35)37)23-25-15-17-32-18-16-25/h6,8-9,12-13,25-26,28,32H,1-5,7,10-11,14-23H2,(H,38,39)/t26-,28+/m1/s1. The number of imide groups is 1. The van der Waals surface area contributed by atoms with Crippen LogP contribution in [0.25, 0.3) is 0 Å². The summed E-state index contributed by atoms with van der Waals surface area (Å²) in [6.45, 7) is 3.24. The number of carboxylic acids is 1. The van der Waals surface area contributed by atoms with Gasteiger partial charge in [0.25, 0.3) is 0 Å². The van der Waals surface area contributed by atoms with E-state index < -0.39 is 24.0 Å². The summed E-state index contributed by atoms with van der Waals surface area (Å²) in [5, 5.41) is 13.1. The van der Waals surface area contributed by atoms with Crippen LogP contribution in [-0.4, -0.2) is 88.9 Å². The number of carbonyl (C=O) groups excluding carboxylic acids is 3. The number of carbonyl (C=O) groups is 4. The Morgan fingerprint density at radius 2 is 1.43 bits per heavy atom. The normalized spacial score (nSPS) is 21.8. The fraction of sp³-hybridized carbons (Fsp3) is 0.677. The van der Waals surface area contributed by atoms with Gasteiger partial charge in [-0.05, 0) is 63.1 Å². The van der Waals surface area contributed by atoms with Crippen LogP contribution in [0.5, 0.6) is 0 Å². The molecule has 0 aliphatic carbocycles. The number of rotatable bonds is 13. The van der Waals surface area contributed by atoms with Crippen molar-refractivity contribution < 1.29 is 24.3 Å². The number of piperidine rings is 1. The number of benzene rings is 1. The van der Waals surface area contributed by atoms with Gasteiger partial charge in [-0.1, -0.05) is 62.4 Å². The molecule has 0 saturated carbocycles. The van der Waals surface area contributed by atoms with Crippen molar-refractivity contribution in [2.45, 2.75) is 83.1 Å². The Kier molecular flexibility index (Phi) is 11.4. The second-order valence-electron chi connectivity index (χ2n) is 11.6. The van der Waals surface area contributed by atoms with Crippen LogP contribution in [0.15, 0.2) is 30.3 Å². The van der Waals surface area contributed by atoms with Crippen LogP contribution >= 0.6 is 0 Å². The number of nitrogens with one attached hydrogen (secondary N) is 1. The number of aliphatic carboxylic acids is 1. The molecular formula is C31H46N4O5. The van der Waals surface area contributed by atoms with Gasteiger partial charge in [-0.3, -0.25) is 9.59 Å². The maximum atomic E-state index is 13.1. The van der Waals surface area contributed by atoms with E-state index in [9.17, 15) is 24.3 Å². The molecule has 0 aromatic heterocycles. The molecule has 3 saturated heterocycles. The van der Waals surface area contributed by atoms with Crippen molar-refractivity contribution in [1.29, 1.82) is 0 Å². The number of β-lactam (4-membered cyclic amide) rings is 1. The maximum Gasteiger partial charge on any atom is 0.327 e. The van der Waals surface area contributed by atoms with E-state index in [-0.39, 0.29) is 11.8 Å². The molecule has 2 atom stereocenters. The number of piperazine rings is 1. The average molecular weight is 555 g/mol. The van der Waals surface area contributed by atoms with Crippen molar-refractivity contribution in [2.24, 2.45) is 11.8 Å². The number of unbranched alkanes of at least 4 members (excludes halogenated alkanes) is 6. The lowest BCUT2D eigenvalue weighted by Crippen LogP contribution is -2.69. The molecule has 0 bridgehead atoms. The van der Waals surface area contributed by atoms with Crippen LogP contribution < -0.4 is 5.32 Å². The Balaban J connectivity index is 1.08. The van der Waals surface area contributed by atoms with E-state index >= 15 is 0 Å². The average Bonchev–Trinajstić information content (AvgIpc) is 2.98. The summed E-state index contributed by atoms with van der Waals surface area (Å²) in [7, 11) is 0. The van der Waals surface area contributed by atoms with Crippen molar-refractivity contribution in [3.05, 3.63) is 35.9 Å². The zero-order chi connectivity index (χ0) is 28.3. The van der Waals surface area contributed by atoms with Gasteiger partial charge in [0.05, 0.1) is 5.92 Å². The third-order valence-corrected chi connectivity index (χ3v) is 8.82. The quantitative estimate of drug-likeness (QED) is 0.283. The first kappa shape index (κ1) is 30.0. The van der Waals surface area contributed by atoms with E-state index in [4.69, 9.17) is 0 Å². The first-order valence-electron chi connectivity index (χ1n) is 15.3. The first-order chi connectivity index (χ1) is 19.5. The Morgan fingerprint density at radius 1 is 0.825 bits per heavy atom. The predicted octanol–water partition coefficient (Wildman–Crippen LogP) is 3.92. The lowest BCUT2D eigenvalue weighted by Gasteiger charge is -2.47. The highest BCUT2D eigenvalue weighted by atomic mass is 16.4. The molecule has 1 aromatic rings. The third-order valence-electron chi connectivity index (χ3n) is 8.82. The summed E-state index contributed by atoms with van der Waals surface area (Å²) >= 11 is 0. The predicted molar refractivity (Wildman–Crippen MR) is 153 cm³/mol. The first-order valence-corrected chi connectivity index (χ1v) is 15.3. The van der Waals surface area contributed by atoms with Crippen molar-refractivity contribution >= 4 is 23.8 Å². The monoisotopic (exact) mass is 554 g/mol. The number of hydrogen-bond donors (Lipinski definition) is 2. The van der Waals surface area contributed by atoms with Gasteiger partial charge in [0.15, 0.2) is 6.04 Å². The van der Waals surface area contributed by atoms with Crippen LogP contribution in [0.3, 0.4) is 0 Å². The van der Waals surface area contributed by atoms with Gasteiger partial charge in [0.1, 0.15) is 0 Å². The number of hydrogen-bond acceptors (Lipinski definition) is 5. The minimum atomic E-state index is -1.12. The fourth-order valence-corrected chi connectivity index (χ4v) is 6.34. The molecule has 9 heteroatoms. The highest BCUT2D eigenvalue weighted by molar-refractivity contribution is 6.07. The number of aryl methyl sites for hydroxylation is 1. The van der Waals surface area contributed by atoms with Gasteiger partial charge in [0, 0.05) is 32.6 Å². The number of amides is 4. The number of urea groups is 1. The third kappa shape index (κ3) is 8.05. The molecule has 0 spiro atoms. The van der Waals surface area contributed by atoms with Crippen LogP contribution in [0.1, 0.15) is 76.2 Å². The molecule has 9 nitrogen and oxygen atoms in total. The molecule has 4 amide bonds. The summed E-state index contributed by atoms with van der Waals surface area (Å²) in [5.74, 6) is -1.69. The van der Waals surface area contributed by atoms with E-state index in [1.165, 1.54) is 36.1 Å². The molecule has 3 fully saturated rings. The Bertz CT molecular complexity index is 989. The van der Waals surface area contributed by atoms with Gasteiger partial charge >= 0.3 is 12.0 Å². The maximum absolute atomic E-state index is 13.1. The van der Waals surface area contributed by atoms with E-state index in [0.29, 0.717) is 44.9 Å². The lowest BCUT2D eigenvalue weighted by molar-refractivity contribution is -0.167. The van der Waals surface area contributed by atoms with Crippen molar-refractivity contribution in [2.75, 3.05) is 39.3 Å².